The van der Waals surface area contributed by atoms with Crippen molar-refractivity contribution in [3.63, 3.8) is 0 Å². The smallest absolute Gasteiger partial charge is 0.347 e. The van der Waals surface area contributed by atoms with Crippen molar-refractivity contribution in [1.29, 1.82) is 0 Å². The van der Waals surface area contributed by atoms with Gasteiger partial charge in [0.25, 0.3) is 0 Å². The van der Waals surface area contributed by atoms with Crippen LogP contribution < -0.4 is 4.74 Å². The van der Waals surface area contributed by atoms with Crippen molar-refractivity contribution in [2.45, 2.75) is 19.4 Å². The van der Waals surface area contributed by atoms with Crippen molar-refractivity contribution in [3.05, 3.63) is 65.7 Å². The maximum absolute atomic E-state index is 12.3. The van der Waals surface area contributed by atoms with Gasteiger partial charge >= 0.3 is 5.97 Å². The quantitative estimate of drug-likeness (QED) is 0.857. The summed E-state index contributed by atoms with van der Waals surface area (Å²) in [5, 5.41) is 9.07. The van der Waals surface area contributed by atoms with E-state index in [0.717, 1.165) is 0 Å². The standard InChI is InChI=1S/C17H16O4/c1-17(2,16(19)20)21-14-10-6-9-13(11-14)15(18)12-7-4-3-5-8-12/h3-11H,1-2H3,(H,19,20). The van der Waals surface area contributed by atoms with Gasteiger partial charge in [-0.15, -0.1) is 0 Å². The van der Waals surface area contributed by atoms with Crippen LogP contribution in [0.4, 0.5) is 0 Å². The van der Waals surface area contributed by atoms with Gasteiger partial charge in [0.05, 0.1) is 0 Å². The maximum atomic E-state index is 12.3. The zero-order chi connectivity index (χ0) is 15.5. The molecule has 0 bridgehead atoms. The summed E-state index contributed by atoms with van der Waals surface area (Å²) in [6, 6.07) is 15.4. The van der Waals surface area contributed by atoms with Crippen molar-refractivity contribution in [3.8, 4) is 5.75 Å². The highest BCUT2D eigenvalue weighted by molar-refractivity contribution is 6.09. The van der Waals surface area contributed by atoms with Crippen molar-refractivity contribution >= 4 is 11.8 Å². The van der Waals surface area contributed by atoms with Gasteiger partial charge in [-0.25, -0.2) is 4.79 Å². The van der Waals surface area contributed by atoms with E-state index in [1.807, 2.05) is 6.07 Å². The summed E-state index contributed by atoms with van der Waals surface area (Å²) in [6.07, 6.45) is 0. The van der Waals surface area contributed by atoms with E-state index in [0.29, 0.717) is 16.9 Å². The van der Waals surface area contributed by atoms with Crippen LogP contribution in [-0.2, 0) is 4.79 Å². The molecule has 0 fully saturated rings. The zero-order valence-corrected chi connectivity index (χ0v) is 11.9. The molecule has 4 heteroatoms. The van der Waals surface area contributed by atoms with Gasteiger partial charge in [0.2, 0.25) is 0 Å². The number of ether oxygens (including phenoxy) is 1. The van der Waals surface area contributed by atoms with E-state index >= 15 is 0 Å². The second-order valence-corrected chi connectivity index (χ2v) is 5.14. The lowest BCUT2D eigenvalue weighted by atomic mass is 10.0. The molecule has 4 nitrogen and oxygen atoms in total. The number of hydrogen-bond donors (Lipinski definition) is 1. The highest BCUT2D eigenvalue weighted by Crippen LogP contribution is 2.21. The second kappa shape index (κ2) is 5.79. The molecule has 0 spiro atoms. The lowest BCUT2D eigenvalue weighted by Gasteiger charge is -2.21. The number of ketones is 1. The third-order valence-electron chi connectivity index (χ3n) is 3.02. The van der Waals surface area contributed by atoms with Crippen LogP contribution in [0.2, 0.25) is 0 Å². The summed E-state index contributed by atoms with van der Waals surface area (Å²) in [4.78, 5) is 23.4. The van der Waals surface area contributed by atoms with Crippen molar-refractivity contribution in [2.24, 2.45) is 0 Å². The van der Waals surface area contributed by atoms with Gasteiger partial charge < -0.3 is 9.84 Å². The number of rotatable bonds is 5. The minimum absolute atomic E-state index is 0.130. The lowest BCUT2D eigenvalue weighted by molar-refractivity contribution is -0.152. The lowest BCUT2D eigenvalue weighted by Crippen LogP contribution is -2.37. The van der Waals surface area contributed by atoms with Crippen molar-refractivity contribution in [1.82, 2.24) is 0 Å². The Morgan fingerprint density at radius 2 is 1.57 bits per heavy atom. The first-order chi connectivity index (χ1) is 9.90. The average molecular weight is 284 g/mol. The van der Waals surface area contributed by atoms with E-state index in [1.54, 1.807) is 48.5 Å². The third kappa shape index (κ3) is 3.48. The van der Waals surface area contributed by atoms with Gasteiger partial charge in [-0.1, -0.05) is 42.5 Å². The second-order valence-electron chi connectivity index (χ2n) is 5.14. The number of carboxylic acids is 1. The largest absolute Gasteiger partial charge is 0.478 e. The predicted octanol–water partition coefficient (Wildman–Crippen LogP) is 3.16. The first-order valence-corrected chi connectivity index (χ1v) is 6.52. The zero-order valence-electron chi connectivity index (χ0n) is 11.9. The SMILES string of the molecule is CC(C)(Oc1cccc(C(=O)c2ccccc2)c1)C(=O)O. The summed E-state index contributed by atoms with van der Waals surface area (Å²) in [6.45, 7) is 2.92. The molecule has 2 rings (SSSR count). The molecule has 0 heterocycles. The van der Waals surface area contributed by atoms with E-state index < -0.39 is 11.6 Å². The minimum Gasteiger partial charge on any atom is -0.478 e. The van der Waals surface area contributed by atoms with E-state index in [2.05, 4.69) is 0 Å². The Hall–Kier alpha value is -2.62. The van der Waals surface area contributed by atoms with Crippen LogP contribution in [0.5, 0.6) is 5.75 Å². The van der Waals surface area contributed by atoms with Crippen LogP contribution in [0, 0.1) is 0 Å². The number of carbonyl (C=O) groups excluding carboxylic acids is 1. The Labute approximate surface area is 123 Å². The Bertz CT molecular complexity index is 660. The number of carbonyl (C=O) groups is 2. The van der Waals surface area contributed by atoms with Crippen LogP contribution in [0.25, 0.3) is 0 Å². The van der Waals surface area contributed by atoms with Gasteiger partial charge in [0.1, 0.15) is 5.75 Å². The number of carboxylic acid groups (broad SMARTS) is 1. The molecule has 108 valence electrons. The van der Waals surface area contributed by atoms with Crippen LogP contribution in [0.1, 0.15) is 29.8 Å². The number of benzene rings is 2. The molecule has 2 aromatic carbocycles. The normalized spacial score (nSPS) is 11.0. The van der Waals surface area contributed by atoms with Crippen LogP contribution in [0.15, 0.2) is 54.6 Å². The molecular weight excluding hydrogens is 268 g/mol. The molecule has 0 saturated carbocycles. The van der Waals surface area contributed by atoms with Crippen LogP contribution in [-0.4, -0.2) is 22.5 Å². The van der Waals surface area contributed by atoms with E-state index in [4.69, 9.17) is 9.84 Å². The van der Waals surface area contributed by atoms with Crippen molar-refractivity contribution < 1.29 is 19.4 Å². The molecule has 0 aliphatic rings. The first-order valence-electron chi connectivity index (χ1n) is 6.52. The average Bonchev–Trinajstić information content (AvgIpc) is 2.47. The van der Waals surface area contributed by atoms with Crippen LogP contribution >= 0.6 is 0 Å². The number of hydrogen-bond acceptors (Lipinski definition) is 3. The molecule has 21 heavy (non-hydrogen) atoms. The summed E-state index contributed by atoms with van der Waals surface area (Å²) >= 11 is 0. The first kappa shape index (κ1) is 14.8. The van der Waals surface area contributed by atoms with Gasteiger partial charge in [-0.05, 0) is 26.0 Å². The molecule has 0 aromatic heterocycles. The Morgan fingerprint density at radius 3 is 2.19 bits per heavy atom. The summed E-state index contributed by atoms with van der Waals surface area (Å²) in [5.41, 5.74) is -0.318. The highest BCUT2D eigenvalue weighted by Gasteiger charge is 2.29. The van der Waals surface area contributed by atoms with Gasteiger partial charge in [-0.3, -0.25) is 4.79 Å². The van der Waals surface area contributed by atoms with E-state index in [1.165, 1.54) is 13.8 Å². The summed E-state index contributed by atoms with van der Waals surface area (Å²) in [7, 11) is 0. The molecule has 2 aromatic rings. The molecule has 0 amide bonds. The monoisotopic (exact) mass is 284 g/mol. The number of aliphatic carboxylic acids is 1. The van der Waals surface area contributed by atoms with Gasteiger partial charge in [0, 0.05) is 11.1 Å². The Morgan fingerprint density at radius 1 is 0.952 bits per heavy atom. The van der Waals surface area contributed by atoms with E-state index in [9.17, 15) is 9.59 Å². The fraction of sp³-hybridized carbons (Fsp3) is 0.176. The third-order valence-corrected chi connectivity index (χ3v) is 3.02. The van der Waals surface area contributed by atoms with E-state index in [-0.39, 0.29) is 5.78 Å². The molecule has 0 saturated heterocycles. The predicted molar refractivity (Wildman–Crippen MR) is 78.7 cm³/mol. The van der Waals surface area contributed by atoms with Crippen LogP contribution in [0.3, 0.4) is 0 Å². The van der Waals surface area contributed by atoms with Gasteiger partial charge in [0.15, 0.2) is 11.4 Å². The topological polar surface area (TPSA) is 63.6 Å². The fourth-order valence-electron chi connectivity index (χ4n) is 1.80. The summed E-state index contributed by atoms with van der Waals surface area (Å²) < 4.78 is 5.44. The fourth-order valence-corrected chi connectivity index (χ4v) is 1.80. The van der Waals surface area contributed by atoms with Gasteiger partial charge in [-0.2, -0.15) is 0 Å². The maximum Gasteiger partial charge on any atom is 0.347 e. The molecule has 0 radical (unpaired) electrons. The molecule has 0 unspecified atom stereocenters. The minimum atomic E-state index is -1.35. The molecular formula is C17H16O4. The Balaban J connectivity index is 2.26. The summed E-state index contributed by atoms with van der Waals surface area (Å²) in [5.74, 6) is -0.847. The van der Waals surface area contributed by atoms with Crippen molar-refractivity contribution in [2.75, 3.05) is 0 Å². The molecule has 0 aliphatic carbocycles. The molecule has 0 aliphatic heterocycles. The Kier molecular flexibility index (Phi) is 4.08. The highest BCUT2D eigenvalue weighted by atomic mass is 16.5. The molecule has 0 atom stereocenters. The molecule has 1 N–H and O–H groups in total.